The van der Waals surface area contributed by atoms with Crippen molar-refractivity contribution in [1.82, 2.24) is 0 Å². The zero-order valence-electron chi connectivity index (χ0n) is 4.74. The smallest absolute Gasteiger partial charge is 0.283 e. The molecule has 9 heavy (non-hydrogen) atoms. The molecular weight excluding hydrogens is 122 g/mol. The second kappa shape index (κ2) is 2.26. The van der Waals surface area contributed by atoms with Gasteiger partial charge in [0.25, 0.3) is 6.23 Å². The lowest BCUT2D eigenvalue weighted by atomic mass is 10.2. The molecule has 1 aliphatic rings. The van der Waals surface area contributed by atoms with Gasteiger partial charge in [0, 0.05) is 0 Å². The van der Waals surface area contributed by atoms with Gasteiger partial charge in [-0.3, -0.25) is 4.79 Å². The van der Waals surface area contributed by atoms with E-state index in [2.05, 4.69) is 0 Å². The van der Waals surface area contributed by atoms with Gasteiger partial charge in [-0.1, -0.05) is 0 Å². The Morgan fingerprint density at radius 3 is 2.89 bits per heavy atom. The van der Waals surface area contributed by atoms with Crippen molar-refractivity contribution in [3.8, 4) is 0 Å². The molecule has 0 bridgehead atoms. The predicted octanol–water partition coefficient (Wildman–Crippen LogP) is -2.28. The van der Waals surface area contributed by atoms with Gasteiger partial charge in [0.05, 0.1) is 0 Å². The highest BCUT2D eigenvalue weighted by atomic mass is 16.5. The number of hydrogen-bond donors (Lipinski definition) is 3. The van der Waals surface area contributed by atoms with Crippen molar-refractivity contribution >= 4 is 5.78 Å². The minimum Gasteiger partial charge on any atom is -0.336 e. The van der Waals surface area contributed by atoms with Crippen LogP contribution in [0, 0.1) is 0 Å². The molecule has 1 heterocycles. The highest BCUT2D eigenvalue weighted by Gasteiger charge is 2.26. The molecule has 0 radical (unpaired) electrons. The zero-order chi connectivity index (χ0) is 6.85. The molecule has 0 saturated carbocycles. The van der Waals surface area contributed by atoms with Crippen molar-refractivity contribution in [3.05, 3.63) is 12.2 Å². The lowest BCUT2D eigenvalue weighted by Crippen LogP contribution is -3.15. The topological polar surface area (TPSA) is 62.0 Å². The Bertz CT molecular complexity index is 154. The standard InChI is InChI=1S/C5H7NO3/c7-4-2-1-3-6(9)5(4)8/h1-2,5,8-9H,3H2/p+1. The van der Waals surface area contributed by atoms with E-state index in [4.69, 9.17) is 10.3 Å². The SMILES string of the molecule is O=C1C=CC[NH+](O)C1O. The molecule has 0 aromatic carbocycles. The average Bonchev–Trinajstić information content (AvgIpc) is 1.83. The van der Waals surface area contributed by atoms with Crippen LogP contribution in [0.15, 0.2) is 12.2 Å². The predicted molar refractivity (Wildman–Crippen MR) is 27.8 cm³/mol. The largest absolute Gasteiger partial charge is 0.336 e. The molecule has 2 unspecified atom stereocenters. The Balaban J connectivity index is 2.69. The van der Waals surface area contributed by atoms with Crippen molar-refractivity contribution in [1.29, 1.82) is 0 Å². The number of aliphatic hydroxyl groups is 1. The van der Waals surface area contributed by atoms with Gasteiger partial charge < -0.3 is 5.11 Å². The summed E-state index contributed by atoms with van der Waals surface area (Å²) >= 11 is 0. The number of aliphatic hydroxyl groups excluding tert-OH is 1. The number of carbonyl (C=O) groups excluding carboxylic acids is 1. The Kier molecular flexibility index (Phi) is 1.61. The molecule has 50 valence electrons. The summed E-state index contributed by atoms with van der Waals surface area (Å²) in [7, 11) is 0. The van der Waals surface area contributed by atoms with Crippen LogP contribution in [0.25, 0.3) is 0 Å². The van der Waals surface area contributed by atoms with E-state index in [-0.39, 0.29) is 11.6 Å². The van der Waals surface area contributed by atoms with Crippen molar-refractivity contribution in [3.63, 3.8) is 0 Å². The first kappa shape index (κ1) is 6.41. The van der Waals surface area contributed by atoms with Gasteiger partial charge in [-0.05, 0) is 12.2 Å². The Morgan fingerprint density at radius 2 is 2.44 bits per heavy atom. The molecule has 0 aliphatic carbocycles. The van der Waals surface area contributed by atoms with Crippen LogP contribution < -0.4 is 5.06 Å². The molecule has 0 fully saturated rings. The molecule has 0 aromatic rings. The molecule has 1 rings (SSSR count). The molecule has 0 amide bonds. The van der Waals surface area contributed by atoms with Crippen molar-refractivity contribution in [2.75, 3.05) is 6.54 Å². The highest BCUT2D eigenvalue weighted by molar-refractivity contribution is 5.92. The quantitative estimate of drug-likeness (QED) is 0.346. The maximum Gasteiger partial charge on any atom is 0.283 e. The van der Waals surface area contributed by atoms with E-state index >= 15 is 0 Å². The lowest BCUT2D eigenvalue weighted by molar-refractivity contribution is -1.11. The fraction of sp³-hybridized carbons (Fsp3) is 0.400. The number of ketones is 1. The number of hydrogen-bond acceptors (Lipinski definition) is 3. The fourth-order valence-electron chi connectivity index (χ4n) is 0.663. The number of carbonyl (C=O) groups is 1. The van der Waals surface area contributed by atoms with Crippen molar-refractivity contribution < 1.29 is 20.2 Å². The maximum absolute atomic E-state index is 10.5. The monoisotopic (exact) mass is 130 g/mol. The van der Waals surface area contributed by atoms with Gasteiger partial charge >= 0.3 is 0 Å². The van der Waals surface area contributed by atoms with E-state index in [0.717, 1.165) is 0 Å². The second-order valence-electron chi connectivity index (χ2n) is 1.90. The Labute approximate surface area is 52.0 Å². The van der Waals surface area contributed by atoms with Crippen LogP contribution in [-0.4, -0.2) is 28.9 Å². The number of rotatable bonds is 0. The Morgan fingerprint density at radius 1 is 1.78 bits per heavy atom. The first-order valence-corrected chi connectivity index (χ1v) is 2.65. The van der Waals surface area contributed by atoms with Crippen LogP contribution in [0.3, 0.4) is 0 Å². The second-order valence-corrected chi connectivity index (χ2v) is 1.90. The van der Waals surface area contributed by atoms with Gasteiger partial charge in [0.1, 0.15) is 6.54 Å². The third-order valence-corrected chi connectivity index (χ3v) is 1.19. The molecular formula is C5H8NO3+. The summed E-state index contributed by atoms with van der Waals surface area (Å²) in [6, 6.07) is 0. The molecule has 4 nitrogen and oxygen atoms in total. The van der Waals surface area contributed by atoms with Gasteiger partial charge in [-0.25, -0.2) is 5.21 Å². The minimum absolute atomic E-state index is 0.164. The summed E-state index contributed by atoms with van der Waals surface area (Å²) in [5.74, 6) is -0.446. The zero-order valence-corrected chi connectivity index (χ0v) is 4.74. The minimum atomic E-state index is -1.28. The average molecular weight is 130 g/mol. The van der Waals surface area contributed by atoms with Crippen molar-refractivity contribution in [2.24, 2.45) is 0 Å². The third kappa shape index (κ3) is 1.16. The first-order chi connectivity index (χ1) is 4.22. The summed E-state index contributed by atoms with van der Waals surface area (Å²) in [6.07, 6.45) is 1.50. The molecule has 0 spiro atoms. The molecule has 0 aromatic heterocycles. The summed E-state index contributed by atoms with van der Waals surface area (Å²) in [5, 5.41) is 17.3. The van der Waals surface area contributed by atoms with Gasteiger partial charge in [-0.2, -0.15) is 5.06 Å². The molecule has 1 aliphatic heterocycles. The van der Waals surface area contributed by atoms with Crippen LogP contribution >= 0.6 is 0 Å². The number of nitrogens with one attached hydrogen (secondary N) is 1. The summed E-state index contributed by atoms with van der Waals surface area (Å²) in [4.78, 5) is 10.5. The summed E-state index contributed by atoms with van der Waals surface area (Å²) in [5.41, 5.74) is 0. The van der Waals surface area contributed by atoms with Crippen LogP contribution in [0.4, 0.5) is 0 Å². The van der Waals surface area contributed by atoms with Gasteiger partial charge in [-0.15, -0.1) is 0 Å². The molecule has 0 saturated heterocycles. The summed E-state index contributed by atoms with van der Waals surface area (Å²) in [6.45, 7) is 0.285. The highest BCUT2D eigenvalue weighted by Crippen LogP contribution is 1.83. The molecule has 2 atom stereocenters. The Hall–Kier alpha value is -0.710. The normalized spacial score (nSPS) is 35.1. The van der Waals surface area contributed by atoms with E-state index in [0.29, 0.717) is 0 Å². The summed E-state index contributed by atoms with van der Waals surface area (Å²) < 4.78 is 0. The maximum atomic E-state index is 10.5. The van der Waals surface area contributed by atoms with Gasteiger partial charge in [0.2, 0.25) is 5.78 Å². The van der Waals surface area contributed by atoms with Crippen LogP contribution in [0.1, 0.15) is 0 Å². The van der Waals surface area contributed by atoms with Crippen LogP contribution in [-0.2, 0) is 4.79 Å². The van der Waals surface area contributed by atoms with Gasteiger partial charge in [0.15, 0.2) is 0 Å². The number of hydroxylamine groups is 2. The third-order valence-electron chi connectivity index (χ3n) is 1.19. The van der Waals surface area contributed by atoms with E-state index in [1.165, 1.54) is 12.2 Å². The van der Waals surface area contributed by atoms with E-state index in [9.17, 15) is 4.79 Å². The van der Waals surface area contributed by atoms with E-state index in [1.54, 1.807) is 0 Å². The molecule has 3 N–H and O–H groups in total. The van der Waals surface area contributed by atoms with Crippen molar-refractivity contribution in [2.45, 2.75) is 6.23 Å². The lowest BCUT2D eigenvalue weighted by Gasteiger charge is -2.15. The van der Waals surface area contributed by atoms with Crippen LogP contribution in [0.5, 0.6) is 0 Å². The van der Waals surface area contributed by atoms with E-state index < -0.39 is 12.0 Å². The molecule has 4 heteroatoms. The fourth-order valence-corrected chi connectivity index (χ4v) is 0.663. The van der Waals surface area contributed by atoms with Crippen LogP contribution in [0.2, 0.25) is 0 Å². The van der Waals surface area contributed by atoms with E-state index in [1.807, 2.05) is 0 Å². The number of quaternary nitrogens is 1. The first-order valence-electron chi connectivity index (χ1n) is 2.65.